The Bertz CT molecular complexity index is 1210. The van der Waals surface area contributed by atoms with Gasteiger partial charge in [0.1, 0.15) is 5.76 Å². The monoisotopic (exact) mass is 431 g/mol. The number of rotatable bonds is 4. The zero-order valence-corrected chi connectivity index (χ0v) is 17.8. The van der Waals surface area contributed by atoms with Crippen molar-refractivity contribution in [3.63, 3.8) is 0 Å². The molecular weight excluding hydrogens is 410 g/mol. The molecule has 156 valence electrons. The Kier molecular flexibility index (Phi) is 5.45. The molecule has 1 aliphatic rings. The molecule has 0 unspecified atom stereocenters. The van der Waals surface area contributed by atoms with E-state index < -0.39 is 0 Å². The van der Waals surface area contributed by atoms with Gasteiger partial charge in [-0.25, -0.2) is 0 Å². The molecule has 31 heavy (non-hydrogen) atoms. The summed E-state index contributed by atoms with van der Waals surface area (Å²) >= 11 is 5.95. The van der Waals surface area contributed by atoms with E-state index in [0.717, 1.165) is 36.1 Å². The highest BCUT2D eigenvalue weighted by Gasteiger charge is 2.24. The SMILES string of the molecule is O=C(c1ccc(-c2ccc(Cl)cc2)o1)N1CCN(Cc2cccc3cccnc23)CC1. The molecule has 5 rings (SSSR count). The van der Waals surface area contributed by atoms with Crippen LogP contribution < -0.4 is 0 Å². The molecule has 1 aliphatic heterocycles. The molecule has 5 nitrogen and oxygen atoms in total. The van der Waals surface area contributed by atoms with Gasteiger partial charge in [-0.2, -0.15) is 0 Å². The summed E-state index contributed by atoms with van der Waals surface area (Å²) in [5.41, 5.74) is 3.17. The lowest BCUT2D eigenvalue weighted by Crippen LogP contribution is -2.48. The van der Waals surface area contributed by atoms with Crippen LogP contribution in [0.4, 0.5) is 0 Å². The van der Waals surface area contributed by atoms with Gasteiger partial charge in [-0.05, 0) is 48.0 Å². The molecule has 2 aromatic carbocycles. The zero-order chi connectivity index (χ0) is 21.2. The van der Waals surface area contributed by atoms with E-state index in [2.05, 4.69) is 34.1 Å². The van der Waals surface area contributed by atoms with Gasteiger partial charge in [0.05, 0.1) is 5.52 Å². The number of halogens is 1. The average molecular weight is 432 g/mol. The first-order valence-corrected chi connectivity index (χ1v) is 10.8. The van der Waals surface area contributed by atoms with Crippen LogP contribution in [-0.4, -0.2) is 46.9 Å². The number of amides is 1. The van der Waals surface area contributed by atoms with E-state index in [0.29, 0.717) is 29.6 Å². The largest absolute Gasteiger partial charge is 0.451 e. The van der Waals surface area contributed by atoms with Crippen LogP contribution in [0.15, 0.2) is 77.3 Å². The number of piperazine rings is 1. The average Bonchev–Trinajstić information content (AvgIpc) is 3.30. The van der Waals surface area contributed by atoms with E-state index >= 15 is 0 Å². The molecule has 1 amide bonds. The summed E-state index contributed by atoms with van der Waals surface area (Å²) in [7, 11) is 0. The molecule has 4 aromatic rings. The van der Waals surface area contributed by atoms with Gasteiger partial charge in [-0.15, -0.1) is 0 Å². The molecule has 2 aromatic heterocycles. The maximum atomic E-state index is 12.9. The molecule has 6 heteroatoms. The third kappa shape index (κ3) is 4.20. The quantitative estimate of drug-likeness (QED) is 0.450. The molecular formula is C25H22ClN3O2. The van der Waals surface area contributed by atoms with Crippen molar-refractivity contribution in [2.75, 3.05) is 26.2 Å². The normalized spacial score (nSPS) is 14.8. The Morgan fingerprint density at radius 3 is 2.52 bits per heavy atom. The van der Waals surface area contributed by atoms with Crippen molar-refractivity contribution in [1.82, 2.24) is 14.8 Å². The van der Waals surface area contributed by atoms with Crippen LogP contribution >= 0.6 is 11.6 Å². The Balaban J connectivity index is 1.22. The number of furan rings is 1. The minimum Gasteiger partial charge on any atom is -0.451 e. The first-order valence-electron chi connectivity index (χ1n) is 10.4. The van der Waals surface area contributed by atoms with Crippen molar-refractivity contribution in [3.8, 4) is 11.3 Å². The van der Waals surface area contributed by atoms with Gasteiger partial charge in [0, 0.05) is 54.9 Å². The van der Waals surface area contributed by atoms with E-state index in [4.69, 9.17) is 16.0 Å². The summed E-state index contributed by atoms with van der Waals surface area (Å²) in [4.78, 5) is 21.7. The molecule has 0 spiro atoms. The molecule has 0 aliphatic carbocycles. The molecule has 0 atom stereocenters. The number of carbonyl (C=O) groups excluding carboxylic acids is 1. The number of carbonyl (C=O) groups is 1. The summed E-state index contributed by atoms with van der Waals surface area (Å²) < 4.78 is 5.84. The molecule has 1 fully saturated rings. The van der Waals surface area contributed by atoms with Crippen molar-refractivity contribution in [2.24, 2.45) is 0 Å². The maximum Gasteiger partial charge on any atom is 0.289 e. The first-order chi connectivity index (χ1) is 15.2. The molecule has 0 saturated carbocycles. The van der Waals surface area contributed by atoms with Crippen LogP contribution in [0.1, 0.15) is 16.1 Å². The number of hydrogen-bond donors (Lipinski definition) is 0. The lowest BCUT2D eigenvalue weighted by Gasteiger charge is -2.34. The summed E-state index contributed by atoms with van der Waals surface area (Å²) in [5, 5.41) is 1.83. The van der Waals surface area contributed by atoms with E-state index in [1.54, 1.807) is 6.07 Å². The molecule has 0 radical (unpaired) electrons. The number of fused-ring (bicyclic) bond motifs is 1. The lowest BCUT2D eigenvalue weighted by atomic mass is 10.1. The molecule has 0 bridgehead atoms. The predicted molar refractivity (Wildman–Crippen MR) is 122 cm³/mol. The van der Waals surface area contributed by atoms with Gasteiger partial charge >= 0.3 is 0 Å². The molecule has 0 N–H and O–H groups in total. The Morgan fingerprint density at radius 2 is 1.71 bits per heavy atom. The minimum absolute atomic E-state index is 0.0632. The summed E-state index contributed by atoms with van der Waals surface area (Å²) in [5.74, 6) is 0.977. The van der Waals surface area contributed by atoms with Crippen LogP contribution in [0.5, 0.6) is 0 Å². The standard InChI is InChI=1S/C25H22ClN3O2/c26-21-8-6-18(7-9-21)22-10-11-23(31-22)25(30)29-15-13-28(14-16-29)17-20-4-1-3-19-5-2-12-27-24(19)20/h1-12H,13-17H2. The van der Waals surface area contributed by atoms with Gasteiger partial charge < -0.3 is 9.32 Å². The number of hydrogen-bond acceptors (Lipinski definition) is 4. The Morgan fingerprint density at radius 1 is 0.935 bits per heavy atom. The van der Waals surface area contributed by atoms with Gasteiger partial charge in [0.25, 0.3) is 5.91 Å². The van der Waals surface area contributed by atoms with Crippen LogP contribution in [0.2, 0.25) is 5.02 Å². The van der Waals surface area contributed by atoms with Crippen LogP contribution in [0, 0.1) is 0 Å². The fraction of sp³-hybridized carbons (Fsp3) is 0.200. The van der Waals surface area contributed by atoms with Gasteiger partial charge in [-0.1, -0.05) is 35.9 Å². The third-order valence-corrected chi connectivity index (χ3v) is 5.97. The van der Waals surface area contributed by atoms with Crippen molar-refractivity contribution in [1.29, 1.82) is 0 Å². The third-order valence-electron chi connectivity index (χ3n) is 5.72. The van der Waals surface area contributed by atoms with E-state index in [9.17, 15) is 4.79 Å². The van der Waals surface area contributed by atoms with Crippen LogP contribution in [0.3, 0.4) is 0 Å². The summed E-state index contributed by atoms with van der Waals surface area (Å²) in [6, 6.07) is 21.3. The number of benzene rings is 2. The minimum atomic E-state index is -0.0632. The van der Waals surface area contributed by atoms with Crippen molar-refractivity contribution >= 4 is 28.4 Å². The predicted octanol–water partition coefficient (Wildman–Crippen LogP) is 5.11. The highest BCUT2D eigenvalue weighted by molar-refractivity contribution is 6.30. The Labute approximate surface area is 185 Å². The highest BCUT2D eigenvalue weighted by Crippen LogP contribution is 2.25. The van der Waals surface area contributed by atoms with Gasteiger partial charge in [-0.3, -0.25) is 14.7 Å². The molecule has 3 heterocycles. The van der Waals surface area contributed by atoms with E-state index in [1.807, 2.05) is 47.5 Å². The number of nitrogens with zero attached hydrogens (tertiary/aromatic N) is 3. The second kappa shape index (κ2) is 8.53. The number of aromatic nitrogens is 1. The van der Waals surface area contributed by atoms with E-state index in [1.165, 1.54) is 5.56 Å². The fourth-order valence-electron chi connectivity index (χ4n) is 4.02. The smallest absolute Gasteiger partial charge is 0.289 e. The topological polar surface area (TPSA) is 49.6 Å². The van der Waals surface area contributed by atoms with E-state index in [-0.39, 0.29) is 5.91 Å². The molecule has 1 saturated heterocycles. The fourth-order valence-corrected chi connectivity index (χ4v) is 4.15. The summed E-state index contributed by atoms with van der Waals surface area (Å²) in [6.45, 7) is 3.82. The lowest BCUT2D eigenvalue weighted by molar-refractivity contribution is 0.0599. The number of para-hydroxylation sites is 1. The van der Waals surface area contributed by atoms with Crippen molar-refractivity contribution in [2.45, 2.75) is 6.54 Å². The number of pyridine rings is 1. The zero-order valence-electron chi connectivity index (χ0n) is 17.0. The van der Waals surface area contributed by atoms with Crippen molar-refractivity contribution < 1.29 is 9.21 Å². The second-order valence-corrected chi connectivity index (χ2v) is 8.17. The van der Waals surface area contributed by atoms with Crippen LogP contribution in [0.25, 0.3) is 22.2 Å². The highest BCUT2D eigenvalue weighted by atomic mass is 35.5. The van der Waals surface area contributed by atoms with Gasteiger partial charge in [0.2, 0.25) is 0 Å². The maximum absolute atomic E-state index is 12.9. The van der Waals surface area contributed by atoms with Crippen molar-refractivity contribution in [3.05, 3.63) is 89.3 Å². The Hall–Kier alpha value is -3.15. The first kappa shape index (κ1) is 19.8. The summed E-state index contributed by atoms with van der Waals surface area (Å²) in [6.07, 6.45) is 1.84. The van der Waals surface area contributed by atoms with Crippen LogP contribution in [-0.2, 0) is 6.54 Å². The van der Waals surface area contributed by atoms with Gasteiger partial charge in [0.15, 0.2) is 5.76 Å². The second-order valence-electron chi connectivity index (χ2n) is 7.73.